The van der Waals surface area contributed by atoms with Crippen molar-refractivity contribution in [2.24, 2.45) is 5.84 Å². The molecule has 0 saturated heterocycles. The van der Waals surface area contributed by atoms with Crippen LogP contribution < -0.4 is 11.3 Å². The smallest absolute Gasteiger partial charge is 0.0624 e. The van der Waals surface area contributed by atoms with Crippen LogP contribution in [0.3, 0.4) is 0 Å². The Balaban J connectivity index is 2.26. The van der Waals surface area contributed by atoms with Crippen LogP contribution in [0.15, 0.2) is 24.3 Å². The lowest BCUT2D eigenvalue weighted by Gasteiger charge is -2.17. The van der Waals surface area contributed by atoms with Crippen LogP contribution in [0.2, 0.25) is 5.02 Å². The lowest BCUT2D eigenvalue weighted by molar-refractivity contribution is 0.516. The maximum Gasteiger partial charge on any atom is 0.0624 e. The Morgan fingerprint density at radius 1 is 1.33 bits per heavy atom. The molecule has 2 aromatic rings. The molecule has 21 heavy (non-hydrogen) atoms. The minimum absolute atomic E-state index is 0.0230. The van der Waals surface area contributed by atoms with E-state index in [2.05, 4.69) is 36.5 Å². The highest BCUT2D eigenvalue weighted by atomic mass is 35.5. The Labute approximate surface area is 131 Å². The summed E-state index contributed by atoms with van der Waals surface area (Å²) in [6.45, 7) is 7.08. The summed E-state index contributed by atoms with van der Waals surface area (Å²) in [4.78, 5) is 0. The van der Waals surface area contributed by atoms with Gasteiger partial charge in [0.25, 0.3) is 0 Å². The van der Waals surface area contributed by atoms with E-state index in [4.69, 9.17) is 17.4 Å². The first kappa shape index (κ1) is 16.0. The molecule has 0 radical (unpaired) electrons. The van der Waals surface area contributed by atoms with Gasteiger partial charge in [0.1, 0.15) is 0 Å². The largest absolute Gasteiger partial charge is 0.271 e. The molecular formula is C16H23ClN4. The number of benzene rings is 1. The maximum atomic E-state index is 6.22. The quantitative estimate of drug-likeness (QED) is 0.636. The highest BCUT2D eigenvalue weighted by molar-refractivity contribution is 6.31. The number of halogens is 1. The van der Waals surface area contributed by atoms with Gasteiger partial charge < -0.3 is 0 Å². The molecule has 1 unspecified atom stereocenters. The molecule has 2 rings (SSSR count). The Morgan fingerprint density at radius 3 is 2.67 bits per heavy atom. The van der Waals surface area contributed by atoms with Gasteiger partial charge in [0.2, 0.25) is 0 Å². The average Bonchev–Trinajstić information content (AvgIpc) is 2.90. The zero-order chi connectivity index (χ0) is 15.4. The van der Waals surface area contributed by atoms with Crippen molar-refractivity contribution < 1.29 is 0 Å². The van der Waals surface area contributed by atoms with E-state index >= 15 is 0 Å². The fourth-order valence-electron chi connectivity index (χ4n) is 2.43. The zero-order valence-corrected chi connectivity index (χ0v) is 13.6. The third-order valence-corrected chi connectivity index (χ3v) is 4.20. The number of nitrogens with zero attached hydrogens (tertiary/aromatic N) is 2. The monoisotopic (exact) mass is 306 g/mol. The molecule has 0 saturated carbocycles. The average molecular weight is 307 g/mol. The number of aromatic nitrogens is 2. The summed E-state index contributed by atoms with van der Waals surface area (Å²) in [6.07, 6.45) is 1.73. The number of nitrogens with two attached hydrogens (primary N) is 1. The van der Waals surface area contributed by atoms with Crippen LogP contribution in [0.5, 0.6) is 0 Å². The van der Waals surface area contributed by atoms with Crippen molar-refractivity contribution >= 4 is 11.6 Å². The molecule has 1 heterocycles. The molecule has 114 valence electrons. The predicted octanol–water partition coefficient (Wildman–Crippen LogP) is 3.17. The van der Waals surface area contributed by atoms with Gasteiger partial charge in [-0.05, 0) is 43.5 Å². The molecule has 0 aliphatic carbocycles. The SMILES string of the molecule is CCc1cc(CC(NN)c2ccc(C)c(Cl)c2)n(CC)n1. The maximum absolute atomic E-state index is 6.22. The molecule has 3 N–H and O–H groups in total. The van der Waals surface area contributed by atoms with Crippen LogP contribution >= 0.6 is 11.6 Å². The Morgan fingerprint density at radius 2 is 2.10 bits per heavy atom. The predicted molar refractivity (Wildman–Crippen MR) is 87.2 cm³/mol. The summed E-state index contributed by atoms with van der Waals surface area (Å²) in [6, 6.07) is 8.25. The second-order valence-electron chi connectivity index (χ2n) is 5.23. The van der Waals surface area contributed by atoms with Crippen LogP contribution in [0.4, 0.5) is 0 Å². The second-order valence-corrected chi connectivity index (χ2v) is 5.64. The molecule has 0 bridgehead atoms. The van der Waals surface area contributed by atoms with E-state index in [0.29, 0.717) is 0 Å². The number of hydrogen-bond donors (Lipinski definition) is 2. The van der Waals surface area contributed by atoms with Crippen molar-refractivity contribution in [3.63, 3.8) is 0 Å². The van der Waals surface area contributed by atoms with Crippen LogP contribution in [-0.2, 0) is 19.4 Å². The van der Waals surface area contributed by atoms with Gasteiger partial charge >= 0.3 is 0 Å². The van der Waals surface area contributed by atoms with E-state index in [9.17, 15) is 0 Å². The number of hydrogen-bond acceptors (Lipinski definition) is 3. The summed E-state index contributed by atoms with van der Waals surface area (Å²) in [7, 11) is 0. The fourth-order valence-corrected chi connectivity index (χ4v) is 2.62. The normalized spacial score (nSPS) is 12.6. The van der Waals surface area contributed by atoms with Crippen LogP contribution in [0, 0.1) is 6.92 Å². The minimum atomic E-state index is 0.0230. The highest BCUT2D eigenvalue weighted by Gasteiger charge is 2.15. The van der Waals surface area contributed by atoms with Crippen molar-refractivity contribution in [2.75, 3.05) is 0 Å². The number of hydrazine groups is 1. The lowest BCUT2D eigenvalue weighted by Crippen LogP contribution is -2.30. The molecule has 0 aliphatic heterocycles. The van der Waals surface area contributed by atoms with Gasteiger partial charge in [0.05, 0.1) is 11.7 Å². The first-order valence-electron chi connectivity index (χ1n) is 7.36. The molecule has 0 amide bonds. The highest BCUT2D eigenvalue weighted by Crippen LogP contribution is 2.24. The molecular weight excluding hydrogens is 284 g/mol. The van der Waals surface area contributed by atoms with Gasteiger partial charge in [-0.2, -0.15) is 5.10 Å². The Kier molecular flexibility index (Phi) is 5.39. The summed E-state index contributed by atoms with van der Waals surface area (Å²) in [5.74, 6) is 5.75. The Hall–Kier alpha value is -1.36. The summed E-state index contributed by atoms with van der Waals surface area (Å²) in [5, 5.41) is 5.35. The second kappa shape index (κ2) is 7.07. The van der Waals surface area contributed by atoms with Gasteiger partial charge in [0, 0.05) is 23.7 Å². The summed E-state index contributed by atoms with van der Waals surface area (Å²) in [5.41, 5.74) is 7.36. The van der Waals surface area contributed by atoms with E-state index in [1.54, 1.807) is 0 Å². The van der Waals surface area contributed by atoms with E-state index < -0.39 is 0 Å². The molecule has 1 atom stereocenters. The molecule has 5 heteroatoms. The lowest BCUT2D eigenvalue weighted by atomic mass is 10.0. The van der Waals surface area contributed by atoms with E-state index in [-0.39, 0.29) is 6.04 Å². The number of rotatable bonds is 6. The first-order chi connectivity index (χ1) is 10.1. The van der Waals surface area contributed by atoms with E-state index in [1.165, 1.54) is 5.69 Å². The third-order valence-electron chi connectivity index (χ3n) is 3.79. The van der Waals surface area contributed by atoms with E-state index in [1.807, 2.05) is 23.7 Å². The third kappa shape index (κ3) is 3.64. The van der Waals surface area contributed by atoms with Gasteiger partial charge in [-0.15, -0.1) is 0 Å². The number of nitrogens with one attached hydrogen (secondary N) is 1. The van der Waals surface area contributed by atoms with Gasteiger partial charge in [-0.3, -0.25) is 16.0 Å². The van der Waals surface area contributed by atoms with Crippen molar-refractivity contribution in [1.29, 1.82) is 0 Å². The molecule has 0 fully saturated rings. The van der Waals surface area contributed by atoms with Gasteiger partial charge in [0.15, 0.2) is 0 Å². The van der Waals surface area contributed by atoms with Crippen molar-refractivity contribution in [1.82, 2.24) is 15.2 Å². The standard InChI is InChI=1S/C16H23ClN4/c1-4-13-9-14(21(5-2)20-13)10-16(19-18)12-7-6-11(3)15(17)8-12/h6-9,16,19H,4-5,10,18H2,1-3H3. The molecule has 0 aliphatic rings. The zero-order valence-electron chi connectivity index (χ0n) is 12.9. The molecule has 1 aromatic heterocycles. The van der Waals surface area contributed by atoms with Crippen molar-refractivity contribution in [3.8, 4) is 0 Å². The van der Waals surface area contributed by atoms with E-state index in [0.717, 1.165) is 41.2 Å². The minimum Gasteiger partial charge on any atom is -0.271 e. The van der Waals surface area contributed by atoms with Crippen molar-refractivity contribution in [2.45, 2.75) is 46.2 Å². The van der Waals surface area contributed by atoms with Crippen LogP contribution in [0.25, 0.3) is 0 Å². The van der Waals surface area contributed by atoms with Crippen LogP contribution in [-0.4, -0.2) is 9.78 Å². The number of aryl methyl sites for hydroxylation is 3. The van der Waals surface area contributed by atoms with Gasteiger partial charge in [-0.25, -0.2) is 0 Å². The van der Waals surface area contributed by atoms with Gasteiger partial charge in [-0.1, -0.05) is 30.7 Å². The topological polar surface area (TPSA) is 55.9 Å². The fraction of sp³-hybridized carbons (Fsp3) is 0.438. The Bertz CT molecular complexity index is 606. The summed E-state index contributed by atoms with van der Waals surface area (Å²) >= 11 is 6.22. The molecule has 1 aromatic carbocycles. The summed E-state index contributed by atoms with van der Waals surface area (Å²) < 4.78 is 2.04. The first-order valence-corrected chi connectivity index (χ1v) is 7.74. The van der Waals surface area contributed by atoms with Crippen molar-refractivity contribution in [3.05, 3.63) is 51.8 Å². The van der Waals surface area contributed by atoms with Crippen LogP contribution in [0.1, 0.15) is 42.4 Å². The molecule has 4 nitrogen and oxygen atoms in total. The molecule has 0 spiro atoms.